The van der Waals surface area contributed by atoms with Crippen LogP contribution < -0.4 is 5.32 Å². The molecular formula is C16H16ClNO5. The lowest BCUT2D eigenvalue weighted by molar-refractivity contribution is -0.140. The number of carbonyl (C=O) groups excluding carboxylic acids is 1. The third kappa shape index (κ3) is 3.91. The van der Waals surface area contributed by atoms with E-state index in [-0.39, 0.29) is 19.0 Å². The van der Waals surface area contributed by atoms with Crippen molar-refractivity contribution < 1.29 is 23.8 Å². The number of aryl methyl sites for hydroxylation is 1. The highest BCUT2D eigenvalue weighted by Gasteiger charge is 2.24. The Labute approximate surface area is 137 Å². The van der Waals surface area contributed by atoms with E-state index in [1.54, 1.807) is 25.1 Å². The fraction of sp³-hybridized carbons (Fsp3) is 0.250. The first-order valence-electron chi connectivity index (χ1n) is 6.85. The lowest BCUT2D eigenvalue weighted by atomic mass is 10.1. The summed E-state index contributed by atoms with van der Waals surface area (Å²) in [6, 6.07) is 3.81. The number of hydrogen-bond acceptors (Lipinski definition) is 4. The van der Waals surface area contributed by atoms with Gasteiger partial charge in [-0.2, -0.15) is 0 Å². The molecule has 0 bridgehead atoms. The van der Waals surface area contributed by atoms with Gasteiger partial charge in [0.15, 0.2) is 11.8 Å². The molecule has 1 atom stereocenters. The summed E-state index contributed by atoms with van der Waals surface area (Å²) < 4.78 is 10.6. The molecule has 1 heterocycles. The molecule has 1 aromatic heterocycles. The minimum atomic E-state index is -1.20. The number of carbonyl (C=O) groups is 2. The molecule has 0 aliphatic rings. The second kappa shape index (κ2) is 7.30. The Hall–Kier alpha value is -2.31. The van der Waals surface area contributed by atoms with Gasteiger partial charge in [0, 0.05) is 16.0 Å². The van der Waals surface area contributed by atoms with E-state index >= 15 is 0 Å². The van der Waals surface area contributed by atoms with E-state index < -0.39 is 17.9 Å². The van der Waals surface area contributed by atoms with E-state index in [0.29, 0.717) is 21.6 Å². The Morgan fingerprint density at radius 1 is 1.52 bits per heavy atom. The molecule has 122 valence electrons. The standard InChI is InChI=1S/C16H16ClNO5/c1-3-6-22-8-12(16(20)21)18-15(19)14-9(2)11-7-10(17)4-5-13(11)23-14/h3-5,7,12H,1,6,8H2,2H3,(H,18,19)(H,20,21). The maximum absolute atomic E-state index is 12.3. The molecule has 1 amide bonds. The molecule has 1 unspecified atom stereocenters. The topological polar surface area (TPSA) is 88.8 Å². The van der Waals surface area contributed by atoms with E-state index in [1.165, 1.54) is 6.08 Å². The van der Waals surface area contributed by atoms with Gasteiger partial charge in [-0.05, 0) is 25.1 Å². The number of halogens is 1. The molecule has 0 fully saturated rings. The number of hydrogen-bond donors (Lipinski definition) is 2. The first-order valence-corrected chi connectivity index (χ1v) is 7.22. The van der Waals surface area contributed by atoms with Gasteiger partial charge in [0.2, 0.25) is 0 Å². The van der Waals surface area contributed by atoms with Crippen molar-refractivity contribution in [1.29, 1.82) is 0 Å². The van der Waals surface area contributed by atoms with E-state index in [1.807, 2.05) is 0 Å². The third-order valence-corrected chi connectivity index (χ3v) is 3.46. The van der Waals surface area contributed by atoms with Gasteiger partial charge < -0.3 is 19.6 Å². The molecule has 0 aliphatic carbocycles. The summed E-state index contributed by atoms with van der Waals surface area (Å²) in [7, 11) is 0. The van der Waals surface area contributed by atoms with Gasteiger partial charge in [-0.1, -0.05) is 17.7 Å². The van der Waals surface area contributed by atoms with Crippen molar-refractivity contribution in [3.63, 3.8) is 0 Å². The zero-order valence-corrected chi connectivity index (χ0v) is 13.2. The van der Waals surface area contributed by atoms with Gasteiger partial charge in [-0.3, -0.25) is 4.79 Å². The molecule has 0 spiro atoms. The predicted octanol–water partition coefficient (Wildman–Crippen LogP) is 2.78. The number of ether oxygens (including phenoxy) is 1. The summed E-state index contributed by atoms with van der Waals surface area (Å²) in [6.07, 6.45) is 1.49. The SMILES string of the molecule is C=CCOCC(NC(=O)c1oc2ccc(Cl)cc2c1C)C(=O)O. The van der Waals surface area contributed by atoms with Gasteiger partial charge >= 0.3 is 5.97 Å². The molecular weight excluding hydrogens is 322 g/mol. The van der Waals surface area contributed by atoms with Crippen LogP contribution in [-0.4, -0.2) is 36.2 Å². The van der Waals surface area contributed by atoms with E-state index in [0.717, 1.165) is 0 Å². The van der Waals surface area contributed by atoms with Crippen molar-refractivity contribution in [2.75, 3.05) is 13.2 Å². The maximum atomic E-state index is 12.3. The second-order valence-corrected chi connectivity index (χ2v) is 5.32. The van der Waals surface area contributed by atoms with Crippen LogP contribution in [0, 0.1) is 6.92 Å². The Morgan fingerprint density at radius 2 is 2.26 bits per heavy atom. The van der Waals surface area contributed by atoms with Crippen molar-refractivity contribution in [3.05, 3.63) is 47.2 Å². The molecule has 2 N–H and O–H groups in total. The molecule has 2 aromatic rings. The number of nitrogens with one attached hydrogen (secondary N) is 1. The van der Waals surface area contributed by atoms with Crippen molar-refractivity contribution in [2.45, 2.75) is 13.0 Å². The Kier molecular flexibility index (Phi) is 5.41. The number of aliphatic carboxylic acids is 1. The zero-order valence-electron chi connectivity index (χ0n) is 12.5. The molecule has 23 heavy (non-hydrogen) atoms. The quantitative estimate of drug-likeness (QED) is 0.599. The highest BCUT2D eigenvalue weighted by atomic mass is 35.5. The van der Waals surface area contributed by atoms with Crippen LogP contribution in [0.5, 0.6) is 0 Å². The van der Waals surface area contributed by atoms with Gasteiger partial charge in [0.25, 0.3) is 5.91 Å². The van der Waals surface area contributed by atoms with E-state index in [2.05, 4.69) is 11.9 Å². The van der Waals surface area contributed by atoms with Crippen molar-refractivity contribution in [1.82, 2.24) is 5.32 Å². The summed E-state index contributed by atoms with van der Waals surface area (Å²) in [5.41, 5.74) is 1.10. The van der Waals surface area contributed by atoms with E-state index in [9.17, 15) is 9.59 Å². The molecule has 0 radical (unpaired) electrons. The van der Waals surface area contributed by atoms with Crippen molar-refractivity contribution >= 4 is 34.4 Å². The largest absolute Gasteiger partial charge is 0.480 e. The van der Waals surface area contributed by atoms with Gasteiger partial charge in [-0.15, -0.1) is 6.58 Å². The molecule has 0 aliphatic heterocycles. The van der Waals surface area contributed by atoms with Gasteiger partial charge in [0.05, 0.1) is 13.2 Å². The number of benzene rings is 1. The van der Waals surface area contributed by atoms with Crippen LogP contribution in [-0.2, 0) is 9.53 Å². The normalized spacial score (nSPS) is 12.1. The molecule has 0 saturated heterocycles. The average molecular weight is 338 g/mol. The van der Waals surface area contributed by atoms with Crippen LogP contribution in [0.25, 0.3) is 11.0 Å². The summed E-state index contributed by atoms with van der Waals surface area (Å²) in [5.74, 6) is -1.76. The zero-order chi connectivity index (χ0) is 17.0. The smallest absolute Gasteiger partial charge is 0.328 e. The van der Waals surface area contributed by atoms with Crippen LogP contribution in [0.1, 0.15) is 16.1 Å². The summed E-state index contributed by atoms with van der Waals surface area (Å²) in [6.45, 7) is 5.21. The lowest BCUT2D eigenvalue weighted by Crippen LogP contribution is -2.44. The third-order valence-electron chi connectivity index (χ3n) is 3.23. The Morgan fingerprint density at radius 3 is 2.91 bits per heavy atom. The number of rotatable bonds is 7. The molecule has 1 aromatic carbocycles. The van der Waals surface area contributed by atoms with E-state index in [4.69, 9.17) is 25.9 Å². The number of fused-ring (bicyclic) bond motifs is 1. The van der Waals surface area contributed by atoms with Crippen LogP contribution >= 0.6 is 11.6 Å². The first-order chi connectivity index (χ1) is 10.9. The average Bonchev–Trinajstić information content (AvgIpc) is 2.83. The Balaban J connectivity index is 2.20. The monoisotopic (exact) mass is 337 g/mol. The van der Waals surface area contributed by atoms with Crippen LogP contribution in [0.3, 0.4) is 0 Å². The summed E-state index contributed by atoms with van der Waals surface area (Å²) in [4.78, 5) is 23.5. The Bertz CT molecular complexity index is 752. The minimum Gasteiger partial charge on any atom is -0.480 e. The van der Waals surface area contributed by atoms with Crippen LogP contribution in [0.15, 0.2) is 35.3 Å². The van der Waals surface area contributed by atoms with Crippen LogP contribution in [0.2, 0.25) is 5.02 Å². The highest BCUT2D eigenvalue weighted by molar-refractivity contribution is 6.31. The summed E-state index contributed by atoms with van der Waals surface area (Å²) in [5, 5.41) is 12.8. The van der Waals surface area contributed by atoms with Crippen molar-refractivity contribution in [3.8, 4) is 0 Å². The lowest BCUT2D eigenvalue weighted by Gasteiger charge is -2.13. The molecule has 6 nitrogen and oxygen atoms in total. The number of amides is 1. The van der Waals surface area contributed by atoms with Gasteiger partial charge in [-0.25, -0.2) is 4.79 Å². The van der Waals surface area contributed by atoms with Crippen molar-refractivity contribution in [2.24, 2.45) is 0 Å². The maximum Gasteiger partial charge on any atom is 0.328 e. The first kappa shape index (κ1) is 17.1. The molecule has 0 saturated carbocycles. The van der Waals surface area contributed by atoms with Crippen LogP contribution in [0.4, 0.5) is 0 Å². The highest BCUT2D eigenvalue weighted by Crippen LogP contribution is 2.27. The molecule has 2 rings (SSSR count). The number of furan rings is 1. The van der Waals surface area contributed by atoms with Gasteiger partial charge in [0.1, 0.15) is 5.58 Å². The minimum absolute atomic E-state index is 0.0530. The predicted molar refractivity (Wildman–Crippen MR) is 85.9 cm³/mol. The fourth-order valence-corrected chi connectivity index (χ4v) is 2.25. The summed E-state index contributed by atoms with van der Waals surface area (Å²) >= 11 is 5.93. The molecule has 7 heteroatoms. The number of carboxylic acids is 1. The fourth-order valence-electron chi connectivity index (χ4n) is 2.08. The number of carboxylic acid groups (broad SMARTS) is 1. The second-order valence-electron chi connectivity index (χ2n) is 4.89.